The molecule has 7 aliphatic heterocycles. The maximum absolute atomic E-state index is 17.2. The van der Waals surface area contributed by atoms with Crippen molar-refractivity contribution in [3.05, 3.63) is 83.5 Å². The molecule has 9 saturated carbocycles. The van der Waals surface area contributed by atoms with Crippen LogP contribution in [0.5, 0.6) is 0 Å². The topological polar surface area (TPSA) is 181 Å². The van der Waals surface area contributed by atoms with Crippen molar-refractivity contribution in [3.63, 3.8) is 0 Å². The van der Waals surface area contributed by atoms with Gasteiger partial charge >= 0.3 is 11.9 Å². The van der Waals surface area contributed by atoms with Crippen LogP contribution in [-0.2, 0) is 51.8 Å². The van der Waals surface area contributed by atoms with E-state index in [0.717, 1.165) is 109 Å². The molecular weight excluding hydrogens is 1060 g/mol. The number of furan rings is 1. The van der Waals surface area contributed by atoms with Crippen LogP contribution in [0.4, 0.5) is 0 Å². The first kappa shape index (κ1) is 51.7. The maximum Gasteiger partial charge on any atom is 0.339 e. The molecule has 17 aliphatic rings. The number of hydrogen-bond donors (Lipinski definition) is 4. The monoisotopic (exact) mass is 1140 g/mol. The third-order valence-electron chi connectivity index (χ3n) is 30.0. The second-order valence-corrected chi connectivity index (χ2v) is 31.7. The second-order valence-electron chi connectivity index (χ2n) is 31.7. The Bertz CT molecular complexity index is 3350. The minimum absolute atomic E-state index is 0.0186. The molecule has 9 bridgehead atoms. The maximum atomic E-state index is 17.2. The summed E-state index contributed by atoms with van der Waals surface area (Å²) < 4.78 is 37.4. The fourth-order valence-corrected chi connectivity index (χ4v) is 28.1. The third kappa shape index (κ3) is 5.45. The Balaban J connectivity index is 0.856. The number of hydrogen-bond acceptors (Lipinski definition) is 13. The standard InChI is InChI=1S/C71H84N2O11/c1-63-24-18-45-31-44-19-25-65-22-7-11-43(65)15-17-49-48-33-64(2)67(50-21-27-80-54(50)32-47(53(75)35-74)41-14-16-46-42(30-41)20-26-73-37-72-34-52(46)73)23-6-10-40-13-12-39(28-38-8-4-3-5-9-38)29-51(40)69(71(64)60(82-71)62(79)83-67)56(48)66(57(63)55(76)59(69)77)36-81-61(78)58(68(44,49)65)70(45,66)84-63/h3-5,8-9,18,20-21,26-27,39-44,46-49,51-53,56-60,72,74-75,77H,7,11-17,19,22-25,28-37H2,1-2H3/t39-,40-,41-,42-,43+,44-,46-,47+,48+,49+,51+,52+,53-,56-,57-,58-,59-,60-,63+,64+,65-,66-,67+,68+,69+,70+,71-/m1/s1. The Morgan fingerprint density at radius 3 is 2.65 bits per heavy atom. The van der Waals surface area contributed by atoms with Crippen molar-refractivity contribution >= 4 is 17.7 Å². The van der Waals surface area contributed by atoms with E-state index in [1.165, 1.54) is 11.1 Å². The summed E-state index contributed by atoms with van der Waals surface area (Å²) in [5.41, 5.74) is -6.11. The van der Waals surface area contributed by atoms with Crippen molar-refractivity contribution < 1.29 is 53.1 Å². The molecule has 1 aromatic carbocycles. The van der Waals surface area contributed by atoms with Gasteiger partial charge in [0.15, 0.2) is 17.5 Å². The molecule has 5 saturated heterocycles. The number of nitrogens with one attached hydrogen (secondary N) is 1. The minimum atomic E-state index is -1.55. The molecule has 444 valence electrons. The predicted octanol–water partition coefficient (Wildman–Crippen LogP) is 8.37. The molecule has 0 radical (unpaired) electrons. The highest BCUT2D eigenvalue weighted by atomic mass is 16.7. The number of aliphatic hydroxyl groups is 3. The number of Topliss-reactive ketones (excluding diaryl/α,β-unsaturated/α-hetero) is 1. The zero-order chi connectivity index (χ0) is 56.5. The molecule has 13 heteroatoms. The lowest BCUT2D eigenvalue weighted by Crippen LogP contribution is -2.84. The Morgan fingerprint density at radius 1 is 0.905 bits per heavy atom. The van der Waals surface area contributed by atoms with Gasteiger partial charge in [0.2, 0.25) is 0 Å². The number of ketones is 1. The summed E-state index contributed by atoms with van der Waals surface area (Å²) >= 11 is 0. The molecule has 1 aromatic heterocycles. The summed E-state index contributed by atoms with van der Waals surface area (Å²) in [7, 11) is 0. The van der Waals surface area contributed by atoms with Crippen molar-refractivity contribution in [2.24, 2.45) is 110 Å². The molecule has 4 N–H and O–H groups in total. The lowest BCUT2D eigenvalue weighted by atomic mass is 9.28. The van der Waals surface area contributed by atoms with Crippen molar-refractivity contribution in [1.82, 2.24) is 10.2 Å². The molecule has 13 nitrogen and oxygen atoms in total. The Morgan fingerprint density at radius 2 is 1.79 bits per heavy atom. The summed E-state index contributed by atoms with van der Waals surface area (Å²) in [5.74, 6) is 6.41. The van der Waals surface area contributed by atoms with Crippen LogP contribution in [0.1, 0.15) is 140 Å². The van der Waals surface area contributed by atoms with Gasteiger partial charge in [-0.25, -0.2) is 4.79 Å². The SMILES string of the molecule is C[C@]12C[C@@H]3[C@@H]4[C@@]56COC(=O)[C@@H]7[C@@]89[C@H](CC[C@@]8%10CCC[C@H]%10CC[C@@H]39)CC3=CC[C@](C)(O[C@@]375)[C@H]6C(=O)[C@@H](O)[C@]43[C@H]4C[C@@H](Cc5ccccc5)CC[C@H]4C#CC[C@@]1(c1ccoc1C[C@@H]([C@@H]1CC[C@@H]4[C@H](C=CN5CNC[C@@H]45)C1)[C@H](O)CO)OC(=O)[C@H]1O[C@@]132. The van der Waals surface area contributed by atoms with Crippen LogP contribution < -0.4 is 5.32 Å². The van der Waals surface area contributed by atoms with Gasteiger partial charge in [0.05, 0.1) is 54.9 Å². The predicted molar refractivity (Wildman–Crippen MR) is 304 cm³/mol. The van der Waals surface area contributed by atoms with E-state index in [9.17, 15) is 15.3 Å². The van der Waals surface area contributed by atoms with Crippen LogP contribution >= 0.6 is 0 Å². The molecular formula is C71H84N2O11. The zero-order valence-electron chi connectivity index (χ0n) is 49.0. The van der Waals surface area contributed by atoms with Gasteiger partial charge < -0.3 is 43.6 Å². The van der Waals surface area contributed by atoms with E-state index in [0.29, 0.717) is 55.2 Å². The van der Waals surface area contributed by atoms with Crippen LogP contribution in [0.2, 0.25) is 0 Å². The fraction of sp³-hybridized carbons (Fsp3) is 0.732. The van der Waals surface area contributed by atoms with Crippen LogP contribution in [0.25, 0.3) is 0 Å². The van der Waals surface area contributed by atoms with Crippen LogP contribution in [0.3, 0.4) is 0 Å². The average molecular weight is 1140 g/mol. The fourth-order valence-electron chi connectivity index (χ4n) is 28.1. The minimum Gasteiger partial charge on any atom is -0.469 e. The number of aliphatic hydroxyl groups excluding tert-OH is 3. The lowest BCUT2D eigenvalue weighted by molar-refractivity contribution is -0.317. The van der Waals surface area contributed by atoms with Crippen molar-refractivity contribution in [3.8, 4) is 11.8 Å². The summed E-state index contributed by atoms with van der Waals surface area (Å²) in [6.07, 6.45) is 21.1. The molecule has 8 heterocycles. The van der Waals surface area contributed by atoms with Crippen molar-refractivity contribution in [2.75, 3.05) is 26.4 Å². The highest BCUT2D eigenvalue weighted by molar-refractivity contribution is 5.94. The lowest BCUT2D eigenvalue weighted by Gasteiger charge is -2.74. The van der Waals surface area contributed by atoms with Crippen LogP contribution in [-0.4, -0.2) is 106 Å². The largest absolute Gasteiger partial charge is 0.469 e. The molecule has 19 rings (SSSR count). The normalized spacial score (nSPS) is 54.4. The first-order valence-electron chi connectivity index (χ1n) is 33.4. The van der Waals surface area contributed by atoms with Crippen molar-refractivity contribution in [2.45, 2.75) is 183 Å². The Kier molecular flexibility index (Phi) is 10.3. The summed E-state index contributed by atoms with van der Waals surface area (Å²) in [4.78, 5) is 52.0. The van der Waals surface area contributed by atoms with E-state index in [4.69, 9.17) is 23.4 Å². The van der Waals surface area contributed by atoms with Gasteiger partial charge in [0.1, 0.15) is 29.7 Å². The van der Waals surface area contributed by atoms with E-state index in [2.05, 4.69) is 84.6 Å². The molecule has 2 aromatic rings. The van der Waals surface area contributed by atoms with Gasteiger partial charge in [0.25, 0.3) is 0 Å². The molecule has 0 unspecified atom stereocenters. The first-order valence-corrected chi connectivity index (χ1v) is 33.4. The molecule has 10 aliphatic carbocycles. The Hall–Kier alpha value is -4.29. The number of benzene rings is 1. The molecule has 0 amide bonds. The highest BCUT2D eigenvalue weighted by Gasteiger charge is 3.01. The summed E-state index contributed by atoms with van der Waals surface area (Å²) in [6, 6.07) is 13.2. The number of epoxide rings is 1. The zero-order valence-corrected chi connectivity index (χ0v) is 49.0. The van der Waals surface area contributed by atoms with E-state index >= 15 is 14.4 Å². The van der Waals surface area contributed by atoms with E-state index in [1.54, 1.807) is 6.26 Å². The molecule has 27 atom stereocenters. The molecule has 6 spiro atoms. The van der Waals surface area contributed by atoms with E-state index in [1.807, 2.05) is 6.07 Å². The molecule has 84 heavy (non-hydrogen) atoms. The van der Waals surface area contributed by atoms with E-state index in [-0.39, 0.29) is 77.5 Å². The summed E-state index contributed by atoms with van der Waals surface area (Å²) in [5, 5.41) is 41.6. The van der Waals surface area contributed by atoms with Gasteiger partial charge in [-0.05, 0) is 209 Å². The second kappa shape index (κ2) is 16.7. The van der Waals surface area contributed by atoms with Gasteiger partial charge in [0, 0.05) is 41.3 Å². The summed E-state index contributed by atoms with van der Waals surface area (Å²) in [6.45, 7) is 5.92. The smallest absolute Gasteiger partial charge is 0.339 e. The van der Waals surface area contributed by atoms with Crippen LogP contribution in [0.15, 0.2) is 71.0 Å². The number of carbonyl (C=O) groups excluding carboxylic acids is 3. The Labute approximate surface area is 493 Å². The number of ether oxygens (including phenoxy) is 4. The first-order chi connectivity index (χ1) is 40.7. The van der Waals surface area contributed by atoms with Gasteiger partial charge in [-0.1, -0.05) is 67.7 Å². The van der Waals surface area contributed by atoms with Gasteiger partial charge in [-0.3, -0.25) is 14.9 Å². The molecule has 14 fully saturated rings. The average Bonchev–Trinajstić information content (AvgIpc) is 1.41. The van der Waals surface area contributed by atoms with E-state index < -0.39 is 92.7 Å². The number of cyclic esters (lactones) is 1. The number of fused-ring (bicyclic) bond motifs is 7. The van der Waals surface area contributed by atoms with Gasteiger partial charge in [-0.2, -0.15) is 0 Å². The van der Waals surface area contributed by atoms with Crippen LogP contribution in [0, 0.1) is 122 Å². The number of esters is 2. The number of nitrogens with zero attached hydrogens (tertiary/aromatic N) is 1. The quantitative estimate of drug-likeness (QED) is 0.0858. The third-order valence-corrected chi connectivity index (χ3v) is 30.0. The van der Waals surface area contributed by atoms with Crippen molar-refractivity contribution in [1.29, 1.82) is 0 Å². The number of allylic oxidation sites excluding steroid dienone is 1. The number of rotatable bonds is 8. The highest BCUT2D eigenvalue weighted by Crippen LogP contribution is 2.94. The number of carbonyl (C=O) groups is 3. The van der Waals surface area contributed by atoms with Gasteiger partial charge in [-0.15, -0.1) is 0 Å².